The summed E-state index contributed by atoms with van der Waals surface area (Å²) in [5, 5.41) is 10.1. The van der Waals surface area contributed by atoms with E-state index in [1.165, 1.54) is 116 Å². The highest BCUT2D eigenvalue weighted by Crippen LogP contribution is 2.58. The smallest absolute Gasteiger partial charge is 0.0972 e. The Bertz CT molecular complexity index is 9490. The molecule has 9 nitrogen and oxygen atoms in total. The van der Waals surface area contributed by atoms with Crippen LogP contribution in [0.1, 0.15) is 74.9 Å². The van der Waals surface area contributed by atoms with E-state index in [0.717, 1.165) is 161 Å². The summed E-state index contributed by atoms with van der Waals surface area (Å²) < 4.78 is 0. The molecular weight excluding hydrogens is 1710 g/mol. The standard InChI is InChI=1S/C48H33N3.2C42H29N3/c1-48(2)39-20-8-6-18-37(39)47-44(48)43(38-19-7-9-21-42(38)51-47)36-17-11-15-34(29-36)33-14-10-16-35(28-33)41-27-25-32-23-22-31-24-26-40(30-12-4-3-5-13-30)49-45(31)46(32)50-41;1-42(2)35-19-5-3-16-32(35)40-38(42)37(33-17-4-6-20-36(33)45-40)29-14-8-12-27(24-29)26-11-7-13-28(23-26)34-25-30-15-9-21-43-39(30)41-31(34)18-10-22-44-41;1-42(2)34-17-5-3-15-32(34)41-38(42)37(33-16-4-6-18-36(33)45-41)31-13-8-11-29(25-31)28-10-7-12-30(24-28)35-22-21-27-20-19-26-14-9-23-43-39(26)40(27)44-35/h3-29H,1-2H3;2*3-25H,1-2H3. The third-order valence-corrected chi connectivity index (χ3v) is 29.5. The Morgan fingerprint density at radius 1 is 0.170 bits per heavy atom. The van der Waals surface area contributed by atoms with Crippen LogP contribution in [0.3, 0.4) is 0 Å². The van der Waals surface area contributed by atoms with Crippen molar-refractivity contribution in [2.75, 3.05) is 0 Å². The lowest BCUT2D eigenvalue weighted by molar-refractivity contribution is 0.661. The van der Waals surface area contributed by atoms with Crippen LogP contribution in [-0.4, -0.2) is 44.9 Å². The second kappa shape index (κ2) is 33.3. The van der Waals surface area contributed by atoms with E-state index in [-0.39, 0.29) is 16.2 Å². The van der Waals surface area contributed by atoms with Crippen LogP contribution in [0.15, 0.2) is 443 Å². The Morgan fingerprint density at radius 3 is 0.858 bits per heavy atom. The van der Waals surface area contributed by atoms with E-state index in [9.17, 15) is 0 Å². The van der Waals surface area contributed by atoms with Gasteiger partial charge in [-0.1, -0.05) is 369 Å². The van der Waals surface area contributed by atoms with Crippen LogP contribution < -0.4 is 0 Å². The SMILES string of the molecule is CC1(C)c2ccccc2-c2nc3ccccc3c(-c3cccc(-c4cccc(-c5cc6cccnc6c6ncccc56)c4)c3)c21.CC1(C)c2ccccc2-c2nc3ccccc3c(-c3cccc(-c4cccc(-c5ccc6ccc7ccc(-c8ccccc8)nc7c6n5)c4)c3)c21.CC1(C)c2ccccc2-c2nc3ccccc3c(-c3cccc(-c4cccc(-c5ccc6ccc7cccnc7c6n5)c4)c3)c21. The van der Waals surface area contributed by atoms with E-state index in [1.807, 2.05) is 42.9 Å². The van der Waals surface area contributed by atoms with Crippen LogP contribution in [-0.2, 0) is 16.2 Å². The number of nitrogens with zero attached hydrogens (tertiary/aromatic N) is 9. The number of aromatic nitrogens is 9. The van der Waals surface area contributed by atoms with Gasteiger partial charge in [-0.05, 0) is 208 Å². The zero-order valence-electron chi connectivity index (χ0n) is 78.7. The van der Waals surface area contributed by atoms with Crippen molar-refractivity contribution >= 4 is 98.1 Å². The normalized spacial score (nSPS) is 13.2. The molecule has 0 saturated carbocycles. The van der Waals surface area contributed by atoms with Gasteiger partial charge in [0.05, 0.1) is 83.8 Å². The molecule has 0 aliphatic heterocycles. The molecular formula is C132H91N9. The number of para-hydroxylation sites is 3. The van der Waals surface area contributed by atoms with Crippen molar-refractivity contribution in [3.63, 3.8) is 0 Å². The van der Waals surface area contributed by atoms with Gasteiger partial charge < -0.3 is 0 Å². The highest BCUT2D eigenvalue weighted by molar-refractivity contribution is 6.12. The molecule has 28 rings (SSSR count). The van der Waals surface area contributed by atoms with Gasteiger partial charge in [0.1, 0.15) is 0 Å². The topological polar surface area (TPSA) is 116 Å². The number of hydrogen-bond donors (Lipinski definition) is 0. The van der Waals surface area contributed by atoms with Gasteiger partial charge in [-0.25, -0.2) is 29.9 Å². The summed E-state index contributed by atoms with van der Waals surface area (Å²) in [6.07, 6.45) is 5.53. The number of benzene rings is 16. The molecule has 0 fully saturated rings. The highest BCUT2D eigenvalue weighted by Gasteiger charge is 2.43. The molecule has 0 unspecified atom stereocenters. The zero-order chi connectivity index (χ0) is 94.4. The summed E-state index contributed by atoms with van der Waals surface area (Å²) in [5.41, 5.74) is 45.8. The van der Waals surface area contributed by atoms with Gasteiger partial charge in [0, 0.05) is 117 Å². The van der Waals surface area contributed by atoms with Gasteiger partial charge in [0.25, 0.3) is 0 Å². The van der Waals surface area contributed by atoms with Crippen molar-refractivity contribution in [3.8, 4) is 145 Å². The molecule has 9 heteroatoms. The minimum Gasteiger partial charge on any atom is -0.254 e. The lowest BCUT2D eigenvalue weighted by Crippen LogP contribution is -2.16. The molecule has 3 aliphatic rings. The van der Waals surface area contributed by atoms with Crippen molar-refractivity contribution in [1.82, 2.24) is 44.9 Å². The summed E-state index contributed by atoms with van der Waals surface area (Å²) in [6.45, 7) is 14.0. The van der Waals surface area contributed by atoms with Crippen molar-refractivity contribution in [2.24, 2.45) is 0 Å². The predicted octanol–water partition coefficient (Wildman–Crippen LogP) is 33.6. The van der Waals surface area contributed by atoms with E-state index in [4.69, 9.17) is 34.9 Å². The molecule has 3 aliphatic carbocycles. The Morgan fingerprint density at radius 2 is 0.447 bits per heavy atom. The predicted molar refractivity (Wildman–Crippen MR) is 584 cm³/mol. The van der Waals surface area contributed by atoms with Gasteiger partial charge in [-0.3, -0.25) is 15.0 Å². The van der Waals surface area contributed by atoms with E-state index in [1.54, 1.807) is 0 Å². The fourth-order valence-electron chi connectivity index (χ4n) is 22.8. The largest absolute Gasteiger partial charge is 0.254 e. The first-order chi connectivity index (χ1) is 69.2. The highest BCUT2D eigenvalue weighted by atomic mass is 14.8. The summed E-state index contributed by atoms with van der Waals surface area (Å²) in [7, 11) is 0. The fraction of sp³-hybridized carbons (Fsp3) is 0.0682. The number of fused-ring (bicyclic) bond motifs is 21. The first-order valence-electron chi connectivity index (χ1n) is 48.4. The maximum absolute atomic E-state index is 5.25. The summed E-state index contributed by atoms with van der Waals surface area (Å²) in [6, 6.07) is 151. The van der Waals surface area contributed by atoms with Gasteiger partial charge in [0.2, 0.25) is 0 Å². The minimum atomic E-state index is -0.184. The van der Waals surface area contributed by atoms with Gasteiger partial charge in [-0.2, -0.15) is 0 Å². The van der Waals surface area contributed by atoms with Crippen LogP contribution in [0.5, 0.6) is 0 Å². The fourth-order valence-corrected chi connectivity index (χ4v) is 22.8. The Hall–Kier alpha value is -17.8. The Labute approximate surface area is 817 Å². The molecule has 0 amide bonds. The van der Waals surface area contributed by atoms with E-state index in [2.05, 4.69) is 452 Å². The van der Waals surface area contributed by atoms with Crippen LogP contribution in [0, 0.1) is 0 Å². The number of hydrogen-bond acceptors (Lipinski definition) is 9. The van der Waals surface area contributed by atoms with E-state index in [0.29, 0.717) is 0 Å². The van der Waals surface area contributed by atoms with Gasteiger partial charge in [0.15, 0.2) is 0 Å². The molecule has 0 spiro atoms. The average Bonchev–Trinajstić information content (AvgIpc) is 1.56. The molecule has 0 radical (unpaired) electrons. The maximum Gasteiger partial charge on any atom is 0.0972 e. The lowest BCUT2D eigenvalue weighted by Gasteiger charge is -2.25. The van der Waals surface area contributed by atoms with Crippen LogP contribution in [0.4, 0.5) is 0 Å². The van der Waals surface area contributed by atoms with Crippen molar-refractivity contribution in [3.05, 3.63) is 477 Å². The molecule has 9 heterocycles. The first kappa shape index (κ1) is 83.8. The zero-order valence-corrected chi connectivity index (χ0v) is 78.7. The second-order valence-electron chi connectivity index (χ2n) is 39.0. The third-order valence-electron chi connectivity index (χ3n) is 29.5. The average molecular weight is 1800 g/mol. The summed E-state index contributed by atoms with van der Waals surface area (Å²) in [5.74, 6) is 0. The van der Waals surface area contributed by atoms with Crippen molar-refractivity contribution in [1.29, 1.82) is 0 Å². The number of rotatable bonds is 10. The molecule has 0 atom stereocenters. The van der Waals surface area contributed by atoms with E-state index >= 15 is 0 Å². The lowest BCUT2D eigenvalue weighted by atomic mass is 9.78. The molecule has 0 saturated heterocycles. The molecule has 0 N–H and O–H groups in total. The Balaban J connectivity index is 0.000000109. The molecule has 664 valence electrons. The maximum atomic E-state index is 5.25. The monoisotopic (exact) mass is 1800 g/mol. The summed E-state index contributed by atoms with van der Waals surface area (Å²) >= 11 is 0. The summed E-state index contributed by atoms with van der Waals surface area (Å²) in [4.78, 5) is 45.2. The van der Waals surface area contributed by atoms with Crippen LogP contribution >= 0.6 is 0 Å². The second-order valence-corrected chi connectivity index (χ2v) is 39.0. The van der Waals surface area contributed by atoms with Gasteiger partial charge in [-0.15, -0.1) is 0 Å². The van der Waals surface area contributed by atoms with Crippen molar-refractivity contribution in [2.45, 2.75) is 57.8 Å². The Kier molecular flexibility index (Phi) is 19.8. The molecule has 141 heavy (non-hydrogen) atoms. The van der Waals surface area contributed by atoms with Crippen molar-refractivity contribution < 1.29 is 0 Å². The van der Waals surface area contributed by atoms with Gasteiger partial charge >= 0.3 is 0 Å². The number of pyridine rings is 9. The molecule has 16 aromatic carbocycles. The molecule has 9 aromatic heterocycles. The minimum absolute atomic E-state index is 0.172. The van der Waals surface area contributed by atoms with Crippen LogP contribution in [0.2, 0.25) is 0 Å². The van der Waals surface area contributed by atoms with Crippen LogP contribution in [0.25, 0.3) is 244 Å². The van der Waals surface area contributed by atoms with E-state index < -0.39 is 0 Å². The first-order valence-corrected chi connectivity index (χ1v) is 48.4. The third kappa shape index (κ3) is 14.1. The molecule has 25 aromatic rings. The quantitative estimate of drug-likeness (QED) is 0.123. The molecule has 0 bridgehead atoms.